The van der Waals surface area contributed by atoms with E-state index in [4.69, 9.17) is 10.4 Å². The van der Waals surface area contributed by atoms with Crippen molar-refractivity contribution in [1.82, 2.24) is 0 Å². The van der Waals surface area contributed by atoms with Crippen LogP contribution in [0.5, 0.6) is 0 Å². The van der Waals surface area contributed by atoms with Gasteiger partial charge in [-0.05, 0) is 88.1 Å². The van der Waals surface area contributed by atoms with Gasteiger partial charge in [-0.3, -0.25) is 15.2 Å². The van der Waals surface area contributed by atoms with Crippen molar-refractivity contribution in [2.45, 2.75) is 70.6 Å². The van der Waals surface area contributed by atoms with Gasteiger partial charge in [0, 0.05) is 11.5 Å². The van der Waals surface area contributed by atoms with Gasteiger partial charge in [-0.25, -0.2) is 4.39 Å². The minimum Gasteiger partial charge on any atom is -0.299 e. The van der Waals surface area contributed by atoms with E-state index in [1.54, 1.807) is 13.0 Å². The van der Waals surface area contributed by atoms with Crippen LogP contribution in [-0.2, 0) is 4.79 Å². The molecule has 0 saturated heterocycles. The van der Waals surface area contributed by atoms with Crippen LogP contribution in [0.1, 0.15) is 70.0 Å². The highest BCUT2D eigenvalue weighted by Crippen LogP contribution is 2.67. The summed E-state index contributed by atoms with van der Waals surface area (Å²) in [6.45, 7) is 11.7. The van der Waals surface area contributed by atoms with Gasteiger partial charge in [0.25, 0.3) is 0 Å². The molecule has 2 aliphatic carbocycles. The number of thioether (sulfide) groups is 1. The van der Waals surface area contributed by atoms with E-state index >= 15 is 0 Å². The van der Waals surface area contributed by atoms with Crippen LogP contribution >= 0.6 is 11.8 Å². The van der Waals surface area contributed by atoms with Crippen molar-refractivity contribution in [3.05, 3.63) is 70.6 Å². The molecule has 3 aliphatic rings. The molecule has 1 fully saturated rings. The molecule has 5 heteroatoms. The van der Waals surface area contributed by atoms with Gasteiger partial charge in [-0.1, -0.05) is 48.6 Å². The zero-order chi connectivity index (χ0) is 23.9. The first kappa shape index (κ1) is 23.9. The molecule has 0 bridgehead atoms. The Labute approximate surface area is 200 Å². The summed E-state index contributed by atoms with van der Waals surface area (Å²) >= 11 is 1.48. The van der Waals surface area contributed by atoms with Gasteiger partial charge < -0.3 is 0 Å². The predicted octanol–water partition coefficient (Wildman–Crippen LogP) is 7.33. The van der Waals surface area contributed by atoms with E-state index < -0.39 is 6.04 Å². The smallest absolute Gasteiger partial charge is 0.218 e. The van der Waals surface area contributed by atoms with Gasteiger partial charge in [0.05, 0.1) is 16.2 Å². The number of hydrogen-bond acceptors (Lipinski definition) is 4. The highest BCUT2D eigenvalue weighted by molar-refractivity contribution is 8.15. The Morgan fingerprint density at radius 2 is 2.12 bits per heavy atom. The van der Waals surface area contributed by atoms with Crippen LogP contribution in [0.15, 0.2) is 58.6 Å². The second-order valence-corrected chi connectivity index (χ2v) is 11.1. The third kappa shape index (κ3) is 4.44. The molecule has 0 aromatic heterocycles. The zero-order valence-corrected chi connectivity index (χ0v) is 20.8. The van der Waals surface area contributed by atoms with Crippen LogP contribution in [0.25, 0.3) is 0 Å². The van der Waals surface area contributed by atoms with Gasteiger partial charge in [-0.15, -0.1) is 0 Å². The summed E-state index contributed by atoms with van der Waals surface area (Å²) in [5.74, 6) is 0.764. The average Bonchev–Trinajstić information content (AvgIpc) is 3.53. The molecule has 3 nitrogen and oxygen atoms in total. The molecule has 0 amide bonds. The molecule has 4 atom stereocenters. The minimum absolute atomic E-state index is 0.0647. The largest absolute Gasteiger partial charge is 0.299 e. The Hall–Kier alpha value is -2.27. The van der Waals surface area contributed by atoms with Crippen LogP contribution < -0.4 is 0 Å². The molecule has 0 spiro atoms. The number of carbonyl (C=O) groups excluding carboxylic acids is 1. The molecule has 174 valence electrons. The molecule has 1 aliphatic heterocycles. The number of hydrogen-bond donors (Lipinski definition) is 1. The van der Waals surface area contributed by atoms with Crippen molar-refractivity contribution in [3.63, 3.8) is 0 Å². The van der Waals surface area contributed by atoms with Gasteiger partial charge in [0.15, 0.2) is 0 Å². The molecule has 4 unspecified atom stereocenters. The highest BCUT2D eigenvalue weighted by atomic mass is 32.2. The van der Waals surface area contributed by atoms with Crippen molar-refractivity contribution in [3.8, 4) is 0 Å². The predicted molar refractivity (Wildman–Crippen MR) is 137 cm³/mol. The summed E-state index contributed by atoms with van der Waals surface area (Å²) in [6.07, 6.45) is 9.44. The van der Waals surface area contributed by atoms with Crippen LogP contribution in [0, 0.1) is 30.0 Å². The number of halogens is 1. The first-order valence-corrected chi connectivity index (χ1v) is 12.6. The number of rotatable bonds is 6. The fraction of sp³-hybridized carbons (Fsp3) is 0.464. The van der Waals surface area contributed by atoms with E-state index in [0.29, 0.717) is 17.2 Å². The van der Waals surface area contributed by atoms with E-state index in [0.717, 1.165) is 41.9 Å². The molecular formula is C28H33FN2OS. The molecule has 4 rings (SSSR count). The summed E-state index contributed by atoms with van der Waals surface area (Å²) in [5, 5.41) is 8.19. The number of carbonyl (C=O) groups is 1. The second-order valence-electron chi connectivity index (χ2n) is 9.82. The van der Waals surface area contributed by atoms with Crippen LogP contribution in [0.3, 0.4) is 0 Å². The maximum Gasteiger partial charge on any atom is 0.218 e. The Morgan fingerprint density at radius 1 is 1.36 bits per heavy atom. The molecule has 1 heterocycles. The number of aliphatic imine (C=N–C) groups is 1. The first-order chi connectivity index (χ1) is 15.7. The van der Waals surface area contributed by atoms with Gasteiger partial charge >= 0.3 is 0 Å². The van der Waals surface area contributed by atoms with Gasteiger partial charge in [-0.2, -0.15) is 0 Å². The second kappa shape index (κ2) is 9.17. The summed E-state index contributed by atoms with van der Waals surface area (Å²) in [4.78, 5) is 18.6. The Balaban J connectivity index is 1.77. The lowest BCUT2D eigenvalue weighted by Gasteiger charge is -2.29. The third-order valence-electron chi connectivity index (χ3n) is 7.57. The average molecular weight is 465 g/mol. The van der Waals surface area contributed by atoms with Crippen molar-refractivity contribution in [2.24, 2.45) is 16.8 Å². The maximum absolute atomic E-state index is 13.9. The summed E-state index contributed by atoms with van der Waals surface area (Å²) < 4.78 is 13.8. The van der Waals surface area contributed by atoms with Crippen LogP contribution in [0.4, 0.5) is 4.39 Å². The number of benzene rings is 1. The molecular weight excluding hydrogens is 431 g/mol. The van der Waals surface area contributed by atoms with Crippen molar-refractivity contribution >= 4 is 28.3 Å². The standard InChI is InChI=1S/C28H33FN2OS/c1-6-24(30)19(5)31-26(22-13-12-21(29)14-17(22)3)25-18(4)23-15-28(23,33-27(25)32)20-9-7-8-16(2)10-11-20/h6,9,12-14,16,23,26,30H,1,7-8,10-11,15H2,2-5H3. The first-order valence-electron chi connectivity index (χ1n) is 11.8. The lowest BCUT2D eigenvalue weighted by atomic mass is 9.89. The van der Waals surface area contributed by atoms with Crippen molar-refractivity contribution < 1.29 is 9.18 Å². The lowest BCUT2D eigenvalue weighted by molar-refractivity contribution is -0.108. The fourth-order valence-corrected chi connectivity index (χ4v) is 7.00. The molecule has 1 aromatic carbocycles. The number of nitrogens with zero attached hydrogens (tertiary/aromatic N) is 1. The molecule has 1 aromatic rings. The van der Waals surface area contributed by atoms with E-state index in [2.05, 4.69) is 26.5 Å². The van der Waals surface area contributed by atoms with Crippen LogP contribution in [0.2, 0.25) is 0 Å². The summed E-state index contributed by atoms with van der Waals surface area (Å²) in [5.41, 5.74) is 5.58. The maximum atomic E-state index is 13.9. The van der Waals surface area contributed by atoms with Crippen molar-refractivity contribution in [1.29, 1.82) is 5.41 Å². The SMILES string of the molecule is C=CC(=N)C(C)=NC(C1=C(C)C2CC2(C2=CCCC(C)CC2)SC1=O)c1ccc(F)cc1C. The Bertz CT molecular complexity index is 1110. The van der Waals surface area contributed by atoms with Crippen molar-refractivity contribution in [2.75, 3.05) is 0 Å². The number of nitrogens with one attached hydrogen (secondary N) is 1. The molecule has 1 saturated carbocycles. The number of allylic oxidation sites excluding steroid dienone is 3. The summed E-state index contributed by atoms with van der Waals surface area (Å²) in [6, 6.07) is 4.09. The Kier molecular flexibility index (Phi) is 6.63. The van der Waals surface area contributed by atoms with Gasteiger partial charge in [0.1, 0.15) is 11.9 Å². The van der Waals surface area contributed by atoms with E-state index in [-0.39, 0.29) is 21.4 Å². The number of aryl methyl sites for hydroxylation is 1. The lowest BCUT2D eigenvalue weighted by Crippen LogP contribution is -2.25. The van der Waals surface area contributed by atoms with E-state index in [9.17, 15) is 9.18 Å². The van der Waals surface area contributed by atoms with E-state index in [1.165, 1.54) is 48.4 Å². The number of fused-ring (bicyclic) bond motifs is 1. The quantitative estimate of drug-likeness (QED) is 0.354. The molecule has 1 N–H and O–H groups in total. The Morgan fingerprint density at radius 3 is 2.82 bits per heavy atom. The summed E-state index contributed by atoms with van der Waals surface area (Å²) in [7, 11) is 0. The molecule has 33 heavy (non-hydrogen) atoms. The fourth-order valence-electron chi connectivity index (χ4n) is 5.40. The molecule has 0 radical (unpaired) electrons. The minimum atomic E-state index is -0.548. The van der Waals surface area contributed by atoms with Crippen LogP contribution in [-0.4, -0.2) is 21.3 Å². The zero-order valence-electron chi connectivity index (χ0n) is 20.0. The van der Waals surface area contributed by atoms with Gasteiger partial charge in [0.2, 0.25) is 5.12 Å². The monoisotopic (exact) mass is 464 g/mol. The normalized spacial score (nSPS) is 28.6. The highest BCUT2D eigenvalue weighted by Gasteiger charge is 2.62. The topological polar surface area (TPSA) is 53.3 Å². The third-order valence-corrected chi connectivity index (χ3v) is 9.05. The van der Waals surface area contributed by atoms with E-state index in [1.807, 2.05) is 6.92 Å².